The van der Waals surface area contributed by atoms with Crippen LogP contribution >= 0.6 is 11.6 Å². The smallest absolute Gasteiger partial charge is 0.318 e. The van der Waals surface area contributed by atoms with Crippen LogP contribution in [0.25, 0.3) is 0 Å². The van der Waals surface area contributed by atoms with Gasteiger partial charge in [0.25, 0.3) is 0 Å². The summed E-state index contributed by atoms with van der Waals surface area (Å²) in [6.45, 7) is 5.90. The Balaban J connectivity index is 1.33. The molecule has 1 aromatic heterocycles. The molecular formula is C26H30ClN5O. The van der Waals surface area contributed by atoms with Gasteiger partial charge in [-0.2, -0.15) is 5.10 Å². The minimum absolute atomic E-state index is 0.0157. The molecule has 1 aliphatic heterocycles. The summed E-state index contributed by atoms with van der Waals surface area (Å²) in [5.74, 6) is 0.836. The molecule has 0 radical (unpaired) electrons. The fourth-order valence-electron chi connectivity index (χ4n) is 5.29. The molecule has 7 heteroatoms. The molecule has 0 spiro atoms. The fourth-order valence-corrected chi connectivity index (χ4v) is 5.41. The number of carbonyl (C=O) groups is 1. The van der Waals surface area contributed by atoms with E-state index in [0.717, 1.165) is 43.6 Å². The van der Waals surface area contributed by atoms with Crippen LogP contribution in [0.1, 0.15) is 74.1 Å². The van der Waals surface area contributed by atoms with E-state index in [2.05, 4.69) is 53.5 Å². The lowest BCUT2D eigenvalue weighted by Crippen LogP contribution is -2.43. The third-order valence-corrected chi connectivity index (χ3v) is 7.38. The predicted molar refractivity (Wildman–Crippen MR) is 129 cm³/mol. The molecule has 6 nitrogen and oxygen atoms in total. The highest BCUT2D eigenvalue weighted by Gasteiger charge is 2.37. The minimum Gasteiger partial charge on any atom is -0.331 e. The molecule has 2 amide bonds. The number of amides is 2. The maximum Gasteiger partial charge on any atom is 0.318 e. The summed E-state index contributed by atoms with van der Waals surface area (Å²) >= 11 is 6.02. The van der Waals surface area contributed by atoms with Crippen molar-refractivity contribution in [1.29, 1.82) is 0 Å². The summed E-state index contributed by atoms with van der Waals surface area (Å²) < 4.78 is 1.90. The van der Waals surface area contributed by atoms with E-state index in [-0.39, 0.29) is 23.5 Å². The highest BCUT2D eigenvalue weighted by atomic mass is 35.5. The maximum absolute atomic E-state index is 13.4. The zero-order valence-corrected chi connectivity index (χ0v) is 19.9. The zero-order chi connectivity index (χ0) is 23.0. The molecule has 33 heavy (non-hydrogen) atoms. The number of likely N-dealkylation sites (tertiary alicyclic amines) is 1. The van der Waals surface area contributed by atoms with Crippen molar-refractivity contribution < 1.29 is 4.79 Å². The number of halogens is 1. The molecule has 3 aromatic rings. The Labute approximate surface area is 200 Å². The first-order valence-corrected chi connectivity index (χ1v) is 12.1. The van der Waals surface area contributed by atoms with Gasteiger partial charge in [-0.25, -0.2) is 14.5 Å². The normalized spacial score (nSPS) is 21.6. The molecule has 1 aliphatic carbocycles. The molecule has 0 saturated carbocycles. The fraction of sp³-hybridized carbons (Fsp3) is 0.423. The van der Waals surface area contributed by atoms with Crippen LogP contribution in [0.15, 0.2) is 54.9 Å². The number of hydrogen-bond acceptors (Lipinski definition) is 3. The van der Waals surface area contributed by atoms with E-state index in [1.165, 1.54) is 11.1 Å². The Kier molecular flexibility index (Phi) is 5.87. The van der Waals surface area contributed by atoms with Crippen molar-refractivity contribution in [1.82, 2.24) is 25.0 Å². The quantitative estimate of drug-likeness (QED) is 0.544. The molecular weight excluding hydrogens is 434 g/mol. The van der Waals surface area contributed by atoms with Crippen molar-refractivity contribution in [3.63, 3.8) is 0 Å². The van der Waals surface area contributed by atoms with Gasteiger partial charge in [0.05, 0.1) is 18.6 Å². The van der Waals surface area contributed by atoms with Crippen LogP contribution in [0, 0.1) is 0 Å². The third-order valence-electron chi connectivity index (χ3n) is 7.12. The predicted octanol–water partition coefficient (Wildman–Crippen LogP) is 5.64. The molecule has 1 N–H and O–H groups in total. The lowest BCUT2D eigenvalue weighted by molar-refractivity contribution is 0.183. The molecule has 0 bridgehead atoms. The lowest BCUT2D eigenvalue weighted by Gasteiger charge is -2.38. The SMILES string of the molecule is CC1(C)CCC(NC(=O)N2CCC[C@@H]2c2ncnn2Cc2ccc(Cl)cc2)c2ccccc21. The number of nitrogens with one attached hydrogen (secondary N) is 1. The summed E-state index contributed by atoms with van der Waals surface area (Å²) in [6, 6.07) is 16.2. The first-order chi connectivity index (χ1) is 15.9. The van der Waals surface area contributed by atoms with Crippen LogP contribution < -0.4 is 5.32 Å². The third kappa shape index (κ3) is 4.36. The van der Waals surface area contributed by atoms with Crippen LogP contribution in [0.3, 0.4) is 0 Å². The Morgan fingerprint density at radius 3 is 2.76 bits per heavy atom. The van der Waals surface area contributed by atoms with Crippen LogP contribution in [0.2, 0.25) is 5.02 Å². The van der Waals surface area contributed by atoms with E-state index >= 15 is 0 Å². The van der Waals surface area contributed by atoms with Crippen molar-refractivity contribution in [2.45, 2.75) is 63.6 Å². The highest BCUT2D eigenvalue weighted by Crippen LogP contribution is 2.41. The second-order valence-corrected chi connectivity index (χ2v) is 10.2. The average molecular weight is 464 g/mol. The topological polar surface area (TPSA) is 63.1 Å². The second-order valence-electron chi connectivity index (χ2n) is 9.77. The Hall–Kier alpha value is -2.86. The van der Waals surface area contributed by atoms with E-state index in [1.54, 1.807) is 6.33 Å². The van der Waals surface area contributed by atoms with Gasteiger partial charge in [-0.1, -0.05) is 61.8 Å². The van der Waals surface area contributed by atoms with Crippen molar-refractivity contribution in [2.75, 3.05) is 6.54 Å². The molecule has 2 aromatic carbocycles. The van der Waals surface area contributed by atoms with Gasteiger partial charge in [-0.15, -0.1) is 0 Å². The van der Waals surface area contributed by atoms with Gasteiger partial charge in [0, 0.05) is 11.6 Å². The standard InChI is InChI=1S/C26H30ClN5O/c1-26(2)14-13-22(20-6-3-4-7-21(20)26)30-25(33)31-15-5-8-23(31)24-28-17-29-32(24)16-18-9-11-19(27)12-10-18/h3-4,6-7,9-12,17,22-23H,5,8,13-16H2,1-2H3,(H,30,33)/t22?,23-/m1/s1. The van der Waals surface area contributed by atoms with E-state index in [1.807, 2.05) is 33.8 Å². The number of benzene rings is 2. The summed E-state index contributed by atoms with van der Waals surface area (Å²) in [6.07, 6.45) is 5.43. The average Bonchev–Trinajstić information content (AvgIpc) is 3.47. The van der Waals surface area contributed by atoms with Gasteiger partial charge in [0.2, 0.25) is 0 Å². The summed E-state index contributed by atoms with van der Waals surface area (Å²) in [4.78, 5) is 19.9. The number of fused-ring (bicyclic) bond motifs is 1. The second kappa shape index (κ2) is 8.82. The van der Waals surface area contributed by atoms with Gasteiger partial charge >= 0.3 is 6.03 Å². The van der Waals surface area contributed by atoms with E-state index in [9.17, 15) is 4.79 Å². The van der Waals surface area contributed by atoms with Gasteiger partial charge in [0.1, 0.15) is 12.2 Å². The van der Waals surface area contributed by atoms with E-state index in [0.29, 0.717) is 11.6 Å². The van der Waals surface area contributed by atoms with Crippen LogP contribution in [0.5, 0.6) is 0 Å². The van der Waals surface area contributed by atoms with Crippen molar-refractivity contribution in [3.8, 4) is 0 Å². The lowest BCUT2D eigenvalue weighted by atomic mass is 9.71. The number of hydrogen-bond donors (Lipinski definition) is 1. The van der Waals surface area contributed by atoms with E-state index < -0.39 is 0 Å². The molecule has 1 saturated heterocycles. The van der Waals surface area contributed by atoms with Crippen LogP contribution in [0.4, 0.5) is 4.79 Å². The molecule has 1 unspecified atom stereocenters. The molecule has 2 heterocycles. The van der Waals surface area contributed by atoms with Crippen molar-refractivity contribution >= 4 is 17.6 Å². The monoisotopic (exact) mass is 463 g/mol. The number of aromatic nitrogens is 3. The van der Waals surface area contributed by atoms with Crippen molar-refractivity contribution in [3.05, 3.63) is 82.4 Å². The number of rotatable bonds is 4. The zero-order valence-electron chi connectivity index (χ0n) is 19.2. The van der Waals surface area contributed by atoms with Gasteiger partial charge in [0.15, 0.2) is 0 Å². The molecule has 172 valence electrons. The summed E-state index contributed by atoms with van der Waals surface area (Å²) in [7, 11) is 0. The molecule has 2 aliphatic rings. The Morgan fingerprint density at radius 1 is 1.15 bits per heavy atom. The maximum atomic E-state index is 13.4. The molecule has 1 fully saturated rings. The minimum atomic E-state index is -0.0740. The number of nitrogens with zero attached hydrogens (tertiary/aromatic N) is 4. The molecule has 5 rings (SSSR count). The van der Waals surface area contributed by atoms with E-state index in [4.69, 9.17) is 11.6 Å². The first-order valence-electron chi connectivity index (χ1n) is 11.7. The summed E-state index contributed by atoms with van der Waals surface area (Å²) in [5.41, 5.74) is 3.80. The highest BCUT2D eigenvalue weighted by molar-refractivity contribution is 6.30. The van der Waals surface area contributed by atoms with Crippen molar-refractivity contribution in [2.24, 2.45) is 0 Å². The summed E-state index contributed by atoms with van der Waals surface area (Å²) in [5, 5.41) is 8.50. The van der Waals surface area contributed by atoms with Gasteiger partial charge in [-0.3, -0.25) is 0 Å². The first kappa shape index (κ1) is 22.0. The Morgan fingerprint density at radius 2 is 1.94 bits per heavy atom. The van der Waals surface area contributed by atoms with Gasteiger partial charge < -0.3 is 10.2 Å². The largest absolute Gasteiger partial charge is 0.331 e. The van der Waals surface area contributed by atoms with Crippen LogP contribution in [-0.2, 0) is 12.0 Å². The number of urea groups is 1. The van der Waals surface area contributed by atoms with Gasteiger partial charge in [-0.05, 0) is 59.9 Å². The van der Waals surface area contributed by atoms with Crippen LogP contribution in [-0.4, -0.2) is 32.2 Å². The number of carbonyl (C=O) groups excluding carboxylic acids is 1. The Bertz CT molecular complexity index is 1140. The molecule has 2 atom stereocenters.